The summed E-state index contributed by atoms with van der Waals surface area (Å²) in [5.74, 6) is 4.16. The molecule has 3 N–H and O–H groups in total. The smallest absolute Gasteiger partial charge is 0.164 e. The van der Waals surface area contributed by atoms with Crippen molar-refractivity contribution >= 4 is 23.3 Å². The fraction of sp³-hybridized carbons (Fsp3) is 0.333. The van der Waals surface area contributed by atoms with Crippen molar-refractivity contribution in [2.45, 2.75) is 19.5 Å². The molecule has 1 saturated heterocycles. The minimum Gasteiger partial charge on any atom is -0.356 e. The molecular weight excluding hydrogens is 368 g/mol. The van der Waals surface area contributed by atoms with Gasteiger partial charge in [0.05, 0.1) is 17.6 Å². The fourth-order valence-corrected chi connectivity index (χ4v) is 5.25. The number of thioether (sulfide) groups is 1. The molecular formula is C21H24N6S. The molecule has 4 heterocycles. The number of anilines is 2. The molecule has 2 aliphatic heterocycles. The summed E-state index contributed by atoms with van der Waals surface area (Å²) in [6.07, 6.45) is 3.65. The Balaban J connectivity index is 1.64. The van der Waals surface area contributed by atoms with Gasteiger partial charge in [0.1, 0.15) is 12.1 Å². The second kappa shape index (κ2) is 6.53. The van der Waals surface area contributed by atoms with Crippen molar-refractivity contribution in [3.8, 4) is 5.82 Å². The molecule has 6 nitrogen and oxygen atoms in total. The van der Waals surface area contributed by atoms with Gasteiger partial charge in [-0.25, -0.2) is 9.97 Å². The molecule has 1 aromatic carbocycles. The molecule has 2 aromatic heterocycles. The highest BCUT2D eigenvalue weighted by atomic mass is 32.2. The van der Waals surface area contributed by atoms with Crippen molar-refractivity contribution in [2.24, 2.45) is 5.73 Å². The number of nitrogens with two attached hydrogens (primary N) is 1. The minimum absolute atomic E-state index is 0.857. The van der Waals surface area contributed by atoms with Crippen LogP contribution in [0.5, 0.6) is 0 Å². The highest BCUT2D eigenvalue weighted by molar-refractivity contribution is 7.99. The minimum atomic E-state index is -0.857. The molecule has 0 bridgehead atoms. The summed E-state index contributed by atoms with van der Waals surface area (Å²) >= 11 is 2.00. The summed E-state index contributed by atoms with van der Waals surface area (Å²) in [5, 5.41) is 3.58. The fourth-order valence-electron chi connectivity index (χ4n) is 4.35. The van der Waals surface area contributed by atoms with E-state index in [-0.39, 0.29) is 0 Å². The summed E-state index contributed by atoms with van der Waals surface area (Å²) in [7, 11) is 0. The van der Waals surface area contributed by atoms with Gasteiger partial charge in [-0.05, 0) is 37.1 Å². The average Bonchev–Trinajstić information content (AvgIpc) is 3.20. The second-order valence-electron chi connectivity index (χ2n) is 7.49. The van der Waals surface area contributed by atoms with E-state index in [1.165, 1.54) is 0 Å². The summed E-state index contributed by atoms with van der Waals surface area (Å²) in [5.41, 5.74) is 11.4. The summed E-state index contributed by atoms with van der Waals surface area (Å²) in [6, 6.07) is 10.5. The molecule has 5 rings (SSSR count). The van der Waals surface area contributed by atoms with Crippen LogP contribution in [0.2, 0.25) is 0 Å². The number of aromatic nitrogens is 3. The van der Waals surface area contributed by atoms with Crippen molar-refractivity contribution in [1.29, 1.82) is 0 Å². The molecule has 1 atom stereocenters. The molecule has 28 heavy (non-hydrogen) atoms. The summed E-state index contributed by atoms with van der Waals surface area (Å²) < 4.78 is 2.03. The standard InChI is InChI=1S/C21H24N6S/c1-14-4-3-5-15(2)19(14)21(22)17-12-23-13-27(17)20-16(25-21)6-7-18(24-20)26-8-10-28-11-9-26/h3-7,12-13,25H,8-11,22H2,1-2H3. The predicted molar refractivity (Wildman–Crippen MR) is 115 cm³/mol. The van der Waals surface area contributed by atoms with Gasteiger partial charge in [-0.3, -0.25) is 10.3 Å². The number of fused-ring (bicyclic) bond motifs is 3. The Bertz CT molecular complexity index is 1020. The van der Waals surface area contributed by atoms with E-state index >= 15 is 0 Å². The molecule has 3 aromatic rings. The van der Waals surface area contributed by atoms with Gasteiger partial charge in [-0.15, -0.1) is 0 Å². The van der Waals surface area contributed by atoms with Crippen LogP contribution in [-0.4, -0.2) is 39.1 Å². The molecule has 1 fully saturated rings. The van der Waals surface area contributed by atoms with Crippen LogP contribution in [0.25, 0.3) is 5.82 Å². The lowest BCUT2D eigenvalue weighted by Crippen LogP contribution is -2.50. The van der Waals surface area contributed by atoms with E-state index in [0.29, 0.717) is 0 Å². The van der Waals surface area contributed by atoms with Gasteiger partial charge in [0, 0.05) is 30.2 Å². The molecule has 0 spiro atoms. The monoisotopic (exact) mass is 392 g/mol. The quantitative estimate of drug-likeness (QED) is 0.699. The molecule has 0 amide bonds. The van der Waals surface area contributed by atoms with Crippen LogP contribution in [0.1, 0.15) is 22.4 Å². The normalized spacial score (nSPS) is 21.0. The maximum atomic E-state index is 7.02. The molecule has 2 aliphatic rings. The number of nitrogens with one attached hydrogen (secondary N) is 1. The Morgan fingerprint density at radius 3 is 2.61 bits per heavy atom. The van der Waals surface area contributed by atoms with E-state index in [2.05, 4.69) is 59.4 Å². The highest BCUT2D eigenvalue weighted by Gasteiger charge is 2.40. The predicted octanol–water partition coefficient (Wildman–Crippen LogP) is 3.02. The lowest BCUT2D eigenvalue weighted by atomic mass is 9.87. The van der Waals surface area contributed by atoms with Crippen molar-refractivity contribution in [2.75, 3.05) is 34.8 Å². The van der Waals surface area contributed by atoms with E-state index in [1.807, 2.05) is 28.9 Å². The zero-order valence-corrected chi connectivity index (χ0v) is 17.0. The number of pyridine rings is 1. The lowest BCUT2D eigenvalue weighted by Gasteiger charge is -2.39. The number of benzene rings is 1. The van der Waals surface area contributed by atoms with Gasteiger partial charge in [0.25, 0.3) is 0 Å². The maximum absolute atomic E-state index is 7.02. The number of rotatable bonds is 2. The highest BCUT2D eigenvalue weighted by Crippen LogP contribution is 2.40. The van der Waals surface area contributed by atoms with Crippen LogP contribution in [0.15, 0.2) is 42.9 Å². The number of hydrogen-bond donors (Lipinski definition) is 2. The largest absolute Gasteiger partial charge is 0.356 e. The molecule has 0 radical (unpaired) electrons. The van der Waals surface area contributed by atoms with E-state index in [4.69, 9.17) is 10.7 Å². The molecule has 1 unspecified atom stereocenters. The third-order valence-electron chi connectivity index (χ3n) is 5.67. The van der Waals surface area contributed by atoms with E-state index < -0.39 is 5.66 Å². The van der Waals surface area contributed by atoms with Crippen molar-refractivity contribution in [3.05, 3.63) is 65.2 Å². The van der Waals surface area contributed by atoms with Gasteiger partial charge in [-0.2, -0.15) is 11.8 Å². The zero-order chi connectivity index (χ0) is 19.3. The van der Waals surface area contributed by atoms with E-state index in [9.17, 15) is 0 Å². The maximum Gasteiger partial charge on any atom is 0.164 e. The summed E-state index contributed by atoms with van der Waals surface area (Å²) in [6.45, 7) is 6.27. The number of aryl methyl sites for hydroxylation is 2. The number of imidazole rings is 1. The Morgan fingerprint density at radius 1 is 1.11 bits per heavy atom. The second-order valence-corrected chi connectivity index (χ2v) is 8.71. The molecule has 7 heteroatoms. The van der Waals surface area contributed by atoms with Crippen LogP contribution in [-0.2, 0) is 5.66 Å². The van der Waals surface area contributed by atoms with Gasteiger partial charge < -0.3 is 10.2 Å². The third-order valence-corrected chi connectivity index (χ3v) is 6.62. The van der Waals surface area contributed by atoms with E-state index in [0.717, 1.165) is 64.3 Å². The van der Waals surface area contributed by atoms with Gasteiger partial charge in [-0.1, -0.05) is 18.2 Å². The van der Waals surface area contributed by atoms with Gasteiger partial charge >= 0.3 is 0 Å². The van der Waals surface area contributed by atoms with E-state index in [1.54, 1.807) is 0 Å². The molecule has 144 valence electrons. The van der Waals surface area contributed by atoms with Crippen molar-refractivity contribution in [3.63, 3.8) is 0 Å². The Labute approximate surface area is 169 Å². The van der Waals surface area contributed by atoms with Crippen LogP contribution in [0.4, 0.5) is 11.5 Å². The average molecular weight is 393 g/mol. The van der Waals surface area contributed by atoms with Gasteiger partial charge in [0.2, 0.25) is 0 Å². The van der Waals surface area contributed by atoms with Gasteiger partial charge in [0.15, 0.2) is 11.5 Å². The van der Waals surface area contributed by atoms with Crippen molar-refractivity contribution < 1.29 is 0 Å². The van der Waals surface area contributed by atoms with Crippen LogP contribution >= 0.6 is 11.8 Å². The van der Waals surface area contributed by atoms with Crippen molar-refractivity contribution in [1.82, 2.24) is 14.5 Å². The molecule has 0 aliphatic carbocycles. The zero-order valence-electron chi connectivity index (χ0n) is 16.1. The Morgan fingerprint density at radius 2 is 1.86 bits per heavy atom. The summed E-state index contributed by atoms with van der Waals surface area (Å²) in [4.78, 5) is 11.7. The Hall–Kier alpha value is -2.51. The topological polar surface area (TPSA) is 72.0 Å². The molecule has 0 saturated carbocycles. The van der Waals surface area contributed by atoms with Crippen LogP contribution in [0, 0.1) is 13.8 Å². The Kier molecular flexibility index (Phi) is 4.10. The van der Waals surface area contributed by atoms with Crippen LogP contribution < -0.4 is 16.0 Å². The number of hydrogen-bond acceptors (Lipinski definition) is 6. The number of nitrogens with zero attached hydrogens (tertiary/aromatic N) is 4. The first kappa shape index (κ1) is 17.6. The SMILES string of the molecule is Cc1cccc(C)c1C1(N)Nc2ccc(N3CCSCC3)nc2-n2cncc21. The first-order chi connectivity index (χ1) is 13.6. The third kappa shape index (κ3) is 2.61. The lowest BCUT2D eigenvalue weighted by molar-refractivity contribution is 0.561. The first-order valence-corrected chi connectivity index (χ1v) is 10.7. The van der Waals surface area contributed by atoms with Crippen LogP contribution in [0.3, 0.4) is 0 Å². The first-order valence-electron chi connectivity index (χ1n) is 9.58.